The Kier molecular flexibility index (Phi) is 7.67. The summed E-state index contributed by atoms with van der Waals surface area (Å²) in [5.41, 5.74) is 1.02. The highest BCUT2D eigenvalue weighted by Gasteiger charge is 2.03. The number of rotatable bonds is 10. The molecule has 5 heteroatoms. The molecule has 0 bridgehead atoms. The third-order valence-electron chi connectivity index (χ3n) is 3.05. The fourth-order valence-electron chi connectivity index (χ4n) is 1.83. The van der Waals surface area contributed by atoms with Crippen molar-refractivity contribution in [1.29, 1.82) is 0 Å². The fraction of sp³-hybridized carbons (Fsp3) is 0.857. The van der Waals surface area contributed by atoms with Crippen LogP contribution in [0.25, 0.3) is 0 Å². The molecular formula is C14H29N5. The van der Waals surface area contributed by atoms with Crippen LogP contribution in [0.4, 0.5) is 0 Å². The van der Waals surface area contributed by atoms with Gasteiger partial charge in [-0.1, -0.05) is 32.4 Å². The van der Waals surface area contributed by atoms with E-state index in [2.05, 4.69) is 48.3 Å². The van der Waals surface area contributed by atoms with Gasteiger partial charge in [-0.2, -0.15) is 0 Å². The first-order valence-corrected chi connectivity index (χ1v) is 7.40. The number of nitrogens with zero attached hydrogens (tertiary/aromatic N) is 4. The summed E-state index contributed by atoms with van der Waals surface area (Å²) >= 11 is 0. The smallest absolute Gasteiger partial charge is 0.0964 e. The Morgan fingerprint density at radius 1 is 1.37 bits per heavy atom. The number of hydrogen-bond acceptors (Lipinski definition) is 4. The average Bonchev–Trinajstić information content (AvgIpc) is 2.81. The fourth-order valence-corrected chi connectivity index (χ4v) is 1.83. The maximum absolute atomic E-state index is 4.19. The van der Waals surface area contributed by atoms with E-state index in [-0.39, 0.29) is 0 Å². The van der Waals surface area contributed by atoms with E-state index >= 15 is 0 Å². The predicted molar refractivity (Wildman–Crippen MR) is 79.0 cm³/mol. The summed E-state index contributed by atoms with van der Waals surface area (Å²) in [7, 11) is 2.16. The first kappa shape index (κ1) is 16.1. The highest BCUT2D eigenvalue weighted by Crippen LogP contribution is 1.96. The second-order valence-corrected chi connectivity index (χ2v) is 5.65. The van der Waals surface area contributed by atoms with Crippen molar-refractivity contribution in [3.63, 3.8) is 0 Å². The van der Waals surface area contributed by atoms with E-state index < -0.39 is 0 Å². The minimum Gasteiger partial charge on any atom is -0.311 e. The van der Waals surface area contributed by atoms with Crippen LogP contribution >= 0.6 is 0 Å². The molecule has 0 aliphatic carbocycles. The van der Waals surface area contributed by atoms with E-state index in [1.54, 1.807) is 0 Å². The zero-order chi connectivity index (χ0) is 14.1. The average molecular weight is 267 g/mol. The number of nitrogens with one attached hydrogen (secondary N) is 1. The molecule has 0 aliphatic rings. The minimum absolute atomic E-state index is 0.669. The number of unbranched alkanes of at least 4 members (excludes halogenated alkanes) is 1. The molecule has 0 spiro atoms. The van der Waals surface area contributed by atoms with Gasteiger partial charge >= 0.3 is 0 Å². The molecule has 1 rings (SSSR count). The second-order valence-electron chi connectivity index (χ2n) is 5.65. The summed E-state index contributed by atoms with van der Waals surface area (Å²) in [6.07, 6.45) is 4.55. The van der Waals surface area contributed by atoms with E-state index in [4.69, 9.17) is 0 Å². The van der Waals surface area contributed by atoms with Crippen LogP contribution in [0.1, 0.15) is 39.3 Å². The lowest BCUT2D eigenvalue weighted by molar-refractivity contribution is 0.306. The number of aromatic nitrogens is 3. The van der Waals surface area contributed by atoms with Crippen LogP contribution in [0.5, 0.6) is 0 Å². The molecule has 0 radical (unpaired) electrons. The van der Waals surface area contributed by atoms with Crippen LogP contribution in [0.2, 0.25) is 0 Å². The van der Waals surface area contributed by atoms with E-state index in [0.29, 0.717) is 5.92 Å². The largest absolute Gasteiger partial charge is 0.311 e. The molecular weight excluding hydrogens is 238 g/mol. The van der Waals surface area contributed by atoms with Gasteiger partial charge in [-0.15, -0.1) is 5.10 Å². The molecule has 19 heavy (non-hydrogen) atoms. The molecule has 0 saturated carbocycles. The zero-order valence-corrected chi connectivity index (χ0v) is 12.9. The molecule has 1 heterocycles. The Balaban J connectivity index is 2.22. The topological polar surface area (TPSA) is 46.0 Å². The van der Waals surface area contributed by atoms with Crippen molar-refractivity contribution in [2.24, 2.45) is 5.92 Å². The molecule has 0 fully saturated rings. The van der Waals surface area contributed by atoms with Gasteiger partial charge in [-0.3, -0.25) is 4.68 Å². The van der Waals surface area contributed by atoms with Gasteiger partial charge in [0.2, 0.25) is 0 Å². The van der Waals surface area contributed by atoms with Crippen LogP contribution in [-0.2, 0) is 13.1 Å². The monoisotopic (exact) mass is 267 g/mol. The molecule has 0 aromatic carbocycles. The summed E-state index contributed by atoms with van der Waals surface area (Å²) in [6, 6.07) is 0. The van der Waals surface area contributed by atoms with Gasteiger partial charge in [0.1, 0.15) is 0 Å². The molecule has 1 N–H and O–H groups in total. The SMILES string of the molecule is CCCCN(C)CCn1cc(CNCC(C)C)nn1. The lowest BCUT2D eigenvalue weighted by Gasteiger charge is -2.15. The molecule has 0 unspecified atom stereocenters. The quantitative estimate of drug-likeness (QED) is 0.701. The second kappa shape index (κ2) is 9.04. The van der Waals surface area contributed by atoms with Gasteiger partial charge in [0.25, 0.3) is 0 Å². The molecule has 5 nitrogen and oxygen atoms in total. The van der Waals surface area contributed by atoms with Crippen LogP contribution in [-0.4, -0.2) is 46.6 Å². The highest BCUT2D eigenvalue weighted by molar-refractivity contribution is 4.91. The van der Waals surface area contributed by atoms with Crippen molar-refractivity contribution >= 4 is 0 Å². The summed E-state index contributed by atoms with van der Waals surface area (Å²) in [5, 5.41) is 11.7. The van der Waals surface area contributed by atoms with E-state index in [9.17, 15) is 0 Å². The van der Waals surface area contributed by atoms with Crippen molar-refractivity contribution in [1.82, 2.24) is 25.2 Å². The van der Waals surface area contributed by atoms with Crippen LogP contribution in [0.15, 0.2) is 6.20 Å². The van der Waals surface area contributed by atoms with Gasteiger partial charge in [-0.05, 0) is 32.5 Å². The van der Waals surface area contributed by atoms with Gasteiger partial charge < -0.3 is 10.2 Å². The molecule has 0 saturated heterocycles. The molecule has 110 valence electrons. The summed E-state index contributed by atoms with van der Waals surface area (Å²) in [6.45, 7) is 11.6. The molecule has 0 aliphatic heterocycles. The van der Waals surface area contributed by atoms with Crippen molar-refractivity contribution in [3.05, 3.63) is 11.9 Å². The predicted octanol–water partition coefficient (Wildman–Crippen LogP) is 1.76. The Hall–Kier alpha value is -0.940. The van der Waals surface area contributed by atoms with Gasteiger partial charge in [0.05, 0.1) is 12.2 Å². The summed E-state index contributed by atoms with van der Waals surface area (Å²) < 4.78 is 1.94. The summed E-state index contributed by atoms with van der Waals surface area (Å²) in [5.74, 6) is 0.669. The van der Waals surface area contributed by atoms with Crippen LogP contribution < -0.4 is 5.32 Å². The summed E-state index contributed by atoms with van der Waals surface area (Å²) in [4.78, 5) is 2.35. The Labute approximate surface area is 117 Å². The normalized spacial score (nSPS) is 11.7. The molecule has 0 atom stereocenters. The lowest BCUT2D eigenvalue weighted by Crippen LogP contribution is -2.24. The zero-order valence-electron chi connectivity index (χ0n) is 12.9. The Bertz CT molecular complexity index is 334. The first-order valence-electron chi connectivity index (χ1n) is 7.40. The van der Waals surface area contributed by atoms with Gasteiger partial charge in [0.15, 0.2) is 0 Å². The minimum atomic E-state index is 0.669. The number of hydrogen-bond donors (Lipinski definition) is 1. The van der Waals surface area contributed by atoms with E-state index in [0.717, 1.165) is 38.4 Å². The Morgan fingerprint density at radius 2 is 2.16 bits per heavy atom. The first-order chi connectivity index (χ1) is 9.11. The van der Waals surface area contributed by atoms with Crippen molar-refractivity contribution in [2.75, 3.05) is 26.7 Å². The number of likely N-dealkylation sites (N-methyl/N-ethyl adjacent to an activating group) is 1. The van der Waals surface area contributed by atoms with E-state index in [1.165, 1.54) is 12.8 Å². The van der Waals surface area contributed by atoms with Gasteiger partial charge in [-0.25, -0.2) is 0 Å². The van der Waals surface area contributed by atoms with E-state index in [1.807, 2.05) is 10.9 Å². The standard InChI is InChI=1S/C14H29N5/c1-5-6-7-18(4)8-9-19-12-14(16-17-19)11-15-10-13(2)3/h12-13,15H,5-11H2,1-4H3. The third kappa shape index (κ3) is 7.28. The maximum Gasteiger partial charge on any atom is 0.0964 e. The van der Waals surface area contributed by atoms with Crippen LogP contribution in [0.3, 0.4) is 0 Å². The van der Waals surface area contributed by atoms with Crippen LogP contribution in [0, 0.1) is 5.92 Å². The Morgan fingerprint density at radius 3 is 2.84 bits per heavy atom. The third-order valence-corrected chi connectivity index (χ3v) is 3.05. The molecule has 1 aromatic heterocycles. The highest BCUT2D eigenvalue weighted by atomic mass is 15.4. The lowest BCUT2D eigenvalue weighted by atomic mass is 10.2. The van der Waals surface area contributed by atoms with Crippen molar-refractivity contribution in [2.45, 2.75) is 46.7 Å². The molecule has 0 amide bonds. The van der Waals surface area contributed by atoms with Crippen molar-refractivity contribution < 1.29 is 0 Å². The molecule has 1 aromatic rings. The van der Waals surface area contributed by atoms with Gasteiger partial charge in [0, 0.05) is 19.3 Å². The maximum atomic E-state index is 4.19. The van der Waals surface area contributed by atoms with Crippen molar-refractivity contribution in [3.8, 4) is 0 Å².